The molecule has 3 amide bonds. The van der Waals surface area contributed by atoms with Crippen molar-refractivity contribution in [1.29, 1.82) is 0 Å². The number of carbonyl (C=O) groups excluding carboxylic acids is 2. The van der Waals surface area contributed by atoms with Gasteiger partial charge in [0.15, 0.2) is 0 Å². The lowest BCUT2D eigenvalue weighted by Gasteiger charge is -2.55. The smallest absolute Gasteiger partial charge is 0.320 e. The topological polar surface area (TPSA) is 87.2 Å². The number of rotatable bonds is 3. The Bertz CT molecular complexity index is 891. The first-order valence-corrected chi connectivity index (χ1v) is 15.9. The van der Waals surface area contributed by atoms with E-state index in [0.717, 1.165) is 83.7 Å². The number of hydrogen-bond donors (Lipinski definition) is 0. The Morgan fingerprint density at radius 3 is 2.17 bits per heavy atom. The fourth-order valence-electron chi connectivity index (χ4n) is 7.69. The van der Waals surface area contributed by atoms with Gasteiger partial charge in [0, 0.05) is 38.5 Å². The van der Waals surface area contributed by atoms with Crippen LogP contribution in [-0.2, 0) is 19.4 Å². The number of amides is 3. The number of likely N-dealkylation sites (tertiary alicyclic amines) is 1. The van der Waals surface area contributed by atoms with Gasteiger partial charge in [0.2, 0.25) is 0 Å². The van der Waals surface area contributed by atoms with E-state index in [1.54, 1.807) is 0 Å². The van der Waals surface area contributed by atoms with E-state index < -0.39 is 9.84 Å². The van der Waals surface area contributed by atoms with Gasteiger partial charge in [-0.2, -0.15) is 0 Å². The summed E-state index contributed by atoms with van der Waals surface area (Å²) in [5, 5.41) is -0.197. The van der Waals surface area contributed by atoms with Gasteiger partial charge in [-0.1, -0.05) is 0 Å². The molecule has 0 aromatic heterocycles. The molecular weight excluding hydrogens is 466 g/mol. The number of fused-ring (bicyclic) bond motifs is 1. The molecule has 3 aliphatic heterocycles. The molecule has 3 saturated heterocycles. The third-order valence-electron chi connectivity index (χ3n) is 9.59. The molecule has 8 nitrogen and oxygen atoms in total. The van der Waals surface area contributed by atoms with Crippen molar-refractivity contribution in [3.8, 4) is 0 Å². The second-order valence-electron chi connectivity index (χ2n) is 11.8. The summed E-state index contributed by atoms with van der Waals surface area (Å²) in [7, 11) is -2.98. The van der Waals surface area contributed by atoms with Crippen molar-refractivity contribution in [3.05, 3.63) is 0 Å². The van der Waals surface area contributed by atoms with Crippen LogP contribution in [0.25, 0.3) is 0 Å². The van der Waals surface area contributed by atoms with Crippen molar-refractivity contribution in [1.82, 2.24) is 14.7 Å². The molecule has 3 heterocycles. The molecule has 0 bridgehead atoms. The second-order valence-corrected chi connectivity index (χ2v) is 14.1. The van der Waals surface area contributed by atoms with E-state index in [2.05, 4.69) is 16.7 Å². The molecule has 9 heteroatoms. The highest BCUT2D eigenvalue weighted by Crippen LogP contribution is 2.44. The Labute approximate surface area is 210 Å². The van der Waals surface area contributed by atoms with Gasteiger partial charge in [-0.05, 0) is 89.4 Å². The summed E-state index contributed by atoms with van der Waals surface area (Å²) < 4.78 is 29.9. The molecular formula is C26H43N3O5S. The van der Waals surface area contributed by atoms with E-state index in [1.807, 2.05) is 4.90 Å². The van der Waals surface area contributed by atoms with Gasteiger partial charge in [-0.3, -0.25) is 4.79 Å². The van der Waals surface area contributed by atoms with Crippen molar-refractivity contribution in [3.63, 3.8) is 0 Å². The maximum absolute atomic E-state index is 13.6. The predicted octanol–water partition coefficient (Wildman–Crippen LogP) is 3.05. The summed E-state index contributed by atoms with van der Waals surface area (Å²) in [4.78, 5) is 33.4. The van der Waals surface area contributed by atoms with Gasteiger partial charge in [0.1, 0.15) is 15.9 Å². The Morgan fingerprint density at radius 1 is 0.857 bits per heavy atom. The normalized spacial score (nSPS) is 38.5. The summed E-state index contributed by atoms with van der Waals surface area (Å²) in [5.74, 6) is 1.10. The van der Waals surface area contributed by atoms with E-state index >= 15 is 0 Å². The zero-order valence-corrected chi connectivity index (χ0v) is 22.3. The van der Waals surface area contributed by atoms with Crippen LogP contribution in [0.15, 0.2) is 0 Å². The Hall–Kier alpha value is -1.35. The fourth-order valence-corrected chi connectivity index (χ4v) is 8.81. The molecule has 5 rings (SSSR count). The van der Waals surface area contributed by atoms with E-state index in [4.69, 9.17) is 4.74 Å². The van der Waals surface area contributed by atoms with Crippen LogP contribution < -0.4 is 0 Å². The number of sulfone groups is 1. The molecule has 5 atom stereocenters. The lowest BCUT2D eigenvalue weighted by atomic mass is 9.69. The average molecular weight is 510 g/mol. The summed E-state index contributed by atoms with van der Waals surface area (Å²) in [5.41, 5.74) is 0. The SMILES string of the molecule is C[C@H]1CN(C(=O)C2CCCO2)C2CC(C3CCC(S(C)(=O)=O)CC3)CCC2N1C(=O)N1CCCC1. The van der Waals surface area contributed by atoms with E-state index in [9.17, 15) is 18.0 Å². The van der Waals surface area contributed by atoms with Gasteiger partial charge in [0.25, 0.3) is 5.91 Å². The zero-order chi connectivity index (χ0) is 24.7. The van der Waals surface area contributed by atoms with Crippen molar-refractivity contribution >= 4 is 21.8 Å². The van der Waals surface area contributed by atoms with Crippen LogP contribution in [-0.4, -0.2) is 97.0 Å². The quantitative estimate of drug-likeness (QED) is 0.584. The van der Waals surface area contributed by atoms with Crippen LogP contribution in [0.5, 0.6) is 0 Å². The number of carbonyl (C=O) groups is 2. The molecule has 0 aromatic carbocycles. The minimum absolute atomic E-state index is 0.00328. The highest BCUT2D eigenvalue weighted by atomic mass is 32.2. The van der Waals surface area contributed by atoms with Crippen molar-refractivity contribution in [2.45, 2.75) is 107 Å². The maximum Gasteiger partial charge on any atom is 0.320 e. The minimum atomic E-state index is -2.98. The summed E-state index contributed by atoms with van der Waals surface area (Å²) in [6, 6.07) is 0.236. The number of piperazine rings is 1. The van der Waals surface area contributed by atoms with Crippen molar-refractivity contribution in [2.75, 3.05) is 32.5 Å². The van der Waals surface area contributed by atoms with Crippen LogP contribution in [0.1, 0.15) is 77.6 Å². The largest absolute Gasteiger partial charge is 0.368 e. The second kappa shape index (κ2) is 10.2. The first kappa shape index (κ1) is 25.3. The van der Waals surface area contributed by atoms with Crippen LogP contribution in [0, 0.1) is 11.8 Å². The van der Waals surface area contributed by atoms with Gasteiger partial charge in [-0.15, -0.1) is 0 Å². The van der Waals surface area contributed by atoms with Crippen LogP contribution in [0.2, 0.25) is 0 Å². The van der Waals surface area contributed by atoms with E-state index in [0.29, 0.717) is 25.0 Å². The first-order chi connectivity index (χ1) is 16.7. The van der Waals surface area contributed by atoms with Gasteiger partial charge in [-0.25, -0.2) is 13.2 Å². The lowest BCUT2D eigenvalue weighted by Crippen LogP contribution is -2.69. The number of nitrogens with zero attached hydrogens (tertiary/aromatic N) is 3. The third kappa shape index (κ3) is 5.09. The van der Waals surface area contributed by atoms with Crippen molar-refractivity contribution < 1.29 is 22.7 Å². The summed E-state index contributed by atoms with van der Waals surface area (Å²) in [6.07, 6.45) is 11.2. The van der Waals surface area contributed by atoms with Crippen LogP contribution in [0.3, 0.4) is 0 Å². The Balaban J connectivity index is 1.34. The highest BCUT2D eigenvalue weighted by molar-refractivity contribution is 7.91. The first-order valence-electron chi connectivity index (χ1n) is 13.9. The maximum atomic E-state index is 13.6. The molecule has 5 aliphatic rings. The molecule has 5 fully saturated rings. The molecule has 198 valence electrons. The molecule has 0 aromatic rings. The molecule has 0 N–H and O–H groups in total. The predicted molar refractivity (Wildman–Crippen MR) is 134 cm³/mol. The minimum Gasteiger partial charge on any atom is -0.368 e. The standard InChI is InChI=1S/C26H43N3O5S/c1-18-17-28(25(30)24-6-5-15-34-24)23-16-20(19-7-10-21(11-8-19)35(2,32)33)9-12-22(23)29(18)26(31)27-13-3-4-14-27/h18-24H,3-17H2,1-2H3/t18-,19?,20?,21?,22?,23?,24?/m0/s1. The van der Waals surface area contributed by atoms with Gasteiger partial charge < -0.3 is 19.4 Å². The van der Waals surface area contributed by atoms with E-state index in [-0.39, 0.29) is 41.4 Å². The fraction of sp³-hybridized carbons (Fsp3) is 0.923. The van der Waals surface area contributed by atoms with Crippen LogP contribution >= 0.6 is 0 Å². The van der Waals surface area contributed by atoms with E-state index in [1.165, 1.54) is 6.26 Å². The lowest BCUT2D eigenvalue weighted by molar-refractivity contribution is -0.152. The molecule has 0 spiro atoms. The Morgan fingerprint density at radius 2 is 1.54 bits per heavy atom. The van der Waals surface area contributed by atoms with Crippen molar-refractivity contribution in [2.24, 2.45) is 11.8 Å². The molecule has 2 aliphatic carbocycles. The summed E-state index contributed by atoms with van der Waals surface area (Å²) >= 11 is 0. The number of urea groups is 1. The molecule has 4 unspecified atom stereocenters. The number of ether oxygens (including phenoxy) is 1. The number of hydrogen-bond acceptors (Lipinski definition) is 5. The van der Waals surface area contributed by atoms with Gasteiger partial charge >= 0.3 is 6.03 Å². The third-order valence-corrected chi connectivity index (χ3v) is 11.3. The zero-order valence-electron chi connectivity index (χ0n) is 21.4. The van der Waals surface area contributed by atoms with Crippen LogP contribution in [0.4, 0.5) is 4.79 Å². The Kier molecular flexibility index (Phi) is 7.37. The molecule has 2 saturated carbocycles. The molecule has 0 radical (unpaired) electrons. The monoisotopic (exact) mass is 509 g/mol. The molecule has 35 heavy (non-hydrogen) atoms. The highest BCUT2D eigenvalue weighted by Gasteiger charge is 2.50. The summed E-state index contributed by atoms with van der Waals surface area (Å²) in [6.45, 7) is 5.00. The van der Waals surface area contributed by atoms with Gasteiger partial charge in [0.05, 0.1) is 17.3 Å². The average Bonchev–Trinajstić information content (AvgIpc) is 3.57.